The van der Waals surface area contributed by atoms with Gasteiger partial charge in [0.05, 0.1) is 5.56 Å². The summed E-state index contributed by atoms with van der Waals surface area (Å²) in [6.07, 6.45) is 3.37. The van der Waals surface area contributed by atoms with Crippen molar-refractivity contribution in [3.05, 3.63) is 102 Å². The van der Waals surface area contributed by atoms with Crippen LogP contribution >= 0.6 is 0 Å². The Labute approximate surface area is 183 Å². The van der Waals surface area contributed by atoms with Crippen LogP contribution in [0.5, 0.6) is 0 Å². The van der Waals surface area contributed by atoms with E-state index in [9.17, 15) is 4.79 Å². The molecule has 1 aromatic heterocycles. The Hall–Kier alpha value is -3.02. The highest BCUT2D eigenvalue weighted by atomic mass is 16.2. The number of hydrogen-bond donors (Lipinski definition) is 1. The van der Waals surface area contributed by atoms with Crippen molar-refractivity contribution >= 4 is 5.91 Å². The van der Waals surface area contributed by atoms with Gasteiger partial charge in [0, 0.05) is 63.1 Å². The van der Waals surface area contributed by atoms with Crippen LogP contribution in [0.3, 0.4) is 0 Å². The topological polar surface area (TPSA) is 48.5 Å². The molecule has 2 fully saturated rings. The van der Waals surface area contributed by atoms with Crippen LogP contribution < -0.4 is 5.32 Å². The minimum Gasteiger partial charge on any atom is -0.336 e. The van der Waals surface area contributed by atoms with E-state index in [1.54, 1.807) is 12.4 Å². The van der Waals surface area contributed by atoms with Gasteiger partial charge in [-0.1, -0.05) is 60.7 Å². The van der Waals surface area contributed by atoms with Crippen LogP contribution in [0.2, 0.25) is 0 Å². The molecule has 2 aliphatic heterocycles. The lowest BCUT2D eigenvalue weighted by atomic mass is 9.82. The van der Waals surface area contributed by atoms with Crippen molar-refractivity contribution < 1.29 is 4.79 Å². The molecule has 5 rings (SSSR count). The van der Waals surface area contributed by atoms with Crippen LogP contribution in [0.4, 0.5) is 0 Å². The van der Waals surface area contributed by atoms with Gasteiger partial charge in [-0.3, -0.25) is 14.7 Å². The number of fused-ring (bicyclic) bond motifs is 1. The predicted molar refractivity (Wildman–Crippen MR) is 122 cm³/mol. The molecule has 0 bridgehead atoms. The molecule has 2 aliphatic rings. The molecule has 3 heterocycles. The number of aromatic nitrogens is 1. The Morgan fingerprint density at radius 2 is 1.61 bits per heavy atom. The van der Waals surface area contributed by atoms with E-state index in [1.165, 1.54) is 11.1 Å². The SMILES string of the molecule is O=C(c1cccnc1)N1CCN2C(C(c3ccccc3)c3ccccc3)CNC[C@@H]2C1. The molecule has 1 unspecified atom stereocenters. The maximum absolute atomic E-state index is 13.0. The first kappa shape index (κ1) is 19.9. The van der Waals surface area contributed by atoms with Crippen molar-refractivity contribution in [2.45, 2.75) is 18.0 Å². The van der Waals surface area contributed by atoms with E-state index in [4.69, 9.17) is 0 Å². The van der Waals surface area contributed by atoms with Gasteiger partial charge >= 0.3 is 0 Å². The van der Waals surface area contributed by atoms with E-state index in [0.29, 0.717) is 23.6 Å². The monoisotopic (exact) mass is 412 g/mol. The number of benzene rings is 2. The quantitative estimate of drug-likeness (QED) is 0.716. The zero-order valence-corrected chi connectivity index (χ0v) is 17.6. The van der Waals surface area contributed by atoms with Crippen molar-refractivity contribution in [3.8, 4) is 0 Å². The number of carbonyl (C=O) groups excluding carboxylic acids is 1. The standard InChI is InChI=1S/C26H28N4O/c31-26(22-12-7-13-27-16-22)29-14-15-30-23(19-29)17-28-18-24(30)25(20-8-3-1-4-9-20)21-10-5-2-6-11-21/h1-13,16,23-25,28H,14-15,17-19H2/t23-,24?/m1/s1. The fourth-order valence-corrected chi connectivity index (χ4v) is 5.13. The first-order valence-electron chi connectivity index (χ1n) is 11.1. The Morgan fingerprint density at radius 1 is 0.903 bits per heavy atom. The average molecular weight is 413 g/mol. The molecule has 1 N–H and O–H groups in total. The van der Waals surface area contributed by atoms with Gasteiger partial charge in [0.15, 0.2) is 0 Å². The van der Waals surface area contributed by atoms with Gasteiger partial charge in [0.2, 0.25) is 0 Å². The number of nitrogens with one attached hydrogen (secondary N) is 1. The predicted octanol–water partition coefficient (Wildman–Crippen LogP) is 3.01. The Morgan fingerprint density at radius 3 is 2.26 bits per heavy atom. The van der Waals surface area contributed by atoms with E-state index >= 15 is 0 Å². The highest BCUT2D eigenvalue weighted by Crippen LogP contribution is 2.34. The van der Waals surface area contributed by atoms with Gasteiger partial charge in [0.1, 0.15) is 0 Å². The highest BCUT2D eigenvalue weighted by molar-refractivity contribution is 5.94. The normalized spacial score (nSPS) is 21.6. The molecule has 0 radical (unpaired) electrons. The van der Waals surface area contributed by atoms with Gasteiger partial charge in [0.25, 0.3) is 5.91 Å². The minimum atomic E-state index is 0.0811. The Kier molecular flexibility index (Phi) is 5.78. The van der Waals surface area contributed by atoms with Crippen LogP contribution in [-0.4, -0.2) is 65.5 Å². The first-order chi connectivity index (χ1) is 15.3. The molecule has 2 aromatic carbocycles. The third-order valence-corrected chi connectivity index (χ3v) is 6.59. The number of rotatable bonds is 4. The largest absolute Gasteiger partial charge is 0.336 e. The second-order valence-corrected chi connectivity index (χ2v) is 8.41. The molecule has 1 amide bonds. The van der Waals surface area contributed by atoms with Crippen LogP contribution in [-0.2, 0) is 0 Å². The van der Waals surface area contributed by atoms with Crippen molar-refractivity contribution in [2.24, 2.45) is 0 Å². The van der Waals surface area contributed by atoms with Gasteiger partial charge < -0.3 is 10.2 Å². The van der Waals surface area contributed by atoms with Crippen LogP contribution in [0.1, 0.15) is 27.4 Å². The molecular weight excluding hydrogens is 384 g/mol. The molecule has 0 saturated carbocycles. The molecule has 0 spiro atoms. The summed E-state index contributed by atoms with van der Waals surface area (Å²) in [5, 5.41) is 3.66. The molecule has 31 heavy (non-hydrogen) atoms. The molecule has 2 saturated heterocycles. The fourth-order valence-electron chi connectivity index (χ4n) is 5.13. The lowest BCUT2D eigenvalue weighted by molar-refractivity contribution is 0.0143. The van der Waals surface area contributed by atoms with Crippen LogP contribution in [0.25, 0.3) is 0 Å². The number of pyridine rings is 1. The van der Waals surface area contributed by atoms with Gasteiger partial charge in [-0.2, -0.15) is 0 Å². The van der Waals surface area contributed by atoms with E-state index in [0.717, 1.165) is 32.7 Å². The summed E-state index contributed by atoms with van der Waals surface area (Å²) in [5.41, 5.74) is 3.35. The molecule has 158 valence electrons. The summed E-state index contributed by atoms with van der Waals surface area (Å²) in [6.45, 7) is 4.23. The maximum Gasteiger partial charge on any atom is 0.255 e. The number of amides is 1. The van der Waals surface area contributed by atoms with Gasteiger partial charge in [-0.05, 0) is 23.3 Å². The molecular formula is C26H28N4O. The van der Waals surface area contributed by atoms with Crippen LogP contribution in [0.15, 0.2) is 85.2 Å². The van der Waals surface area contributed by atoms with E-state index < -0.39 is 0 Å². The van der Waals surface area contributed by atoms with E-state index in [2.05, 4.69) is 75.9 Å². The third kappa shape index (κ3) is 4.11. The van der Waals surface area contributed by atoms with Crippen molar-refractivity contribution in [2.75, 3.05) is 32.7 Å². The van der Waals surface area contributed by atoms with E-state index in [-0.39, 0.29) is 5.91 Å². The third-order valence-electron chi connectivity index (χ3n) is 6.59. The van der Waals surface area contributed by atoms with Crippen LogP contribution in [0, 0.1) is 0 Å². The second-order valence-electron chi connectivity index (χ2n) is 8.41. The van der Waals surface area contributed by atoms with Crippen molar-refractivity contribution in [1.82, 2.24) is 20.1 Å². The van der Waals surface area contributed by atoms with Gasteiger partial charge in [-0.15, -0.1) is 0 Å². The Balaban J connectivity index is 1.40. The van der Waals surface area contributed by atoms with Crippen molar-refractivity contribution in [3.63, 3.8) is 0 Å². The summed E-state index contributed by atoms with van der Waals surface area (Å²) in [4.78, 5) is 21.7. The molecule has 3 aromatic rings. The van der Waals surface area contributed by atoms with Gasteiger partial charge in [-0.25, -0.2) is 0 Å². The molecule has 5 heteroatoms. The lowest BCUT2D eigenvalue weighted by Crippen LogP contribution is -2.66. The number of hydrogen-bond acceptors (Lipinski definition) is 4. The zero-order chi connectivity index (χ0) is 21.0. The summed E-state index contributed by atoms with van der Waals surface area (Å²) in [6, 6.07) is 26.0. The molecule has 0 aliphatic carbocycles. The number of nitrogens with zero attached hydrogens (tertiary/aromatic N) is 3. The summed E-state index contributed by atoms with van der Waals surface area (Å²) >= 11 is 0. The second kappa shape index (κ2) is 9.00. The smallest absolute Gasteiger partial charge is 0.255 e. The first-order valence-corrected chi connectivity index (χ1v) is 11.1. The average Bonchev–Trinajstić information content (AvgIpc) is 2.85. The lowest BCUT2D eigenvalue weighted by Gasteiger charge is -2.50. The Bertz CT molecular complexity index is 956. The van der Waals surface area contributed by atoms with E-state index in [1.807, 2.05) is 17.0 Å². The number of piperazine rings is 2. The fraction of sp³-hybridized carbons (Fsp3) is 0.308. The molecule has 5 nitrogen and oxygen atoms in total. The maximum atomic E-state index is 13.0. The van der Waals surface area contributed by atoms with Crippen molar-refractivity contribution in [1.29, 1.82) is 0 Å². The molecule has 2 atom stereocenters. The summed E-state index contributed by atoms with van der Waals surface area (Å²) in [7, 11) is 0. The number of carbonyl (C=O) groups is 1. The summed E-state index contributed by atoms with van der Waals surface area (Å²) in [5.74, 6) is 0.371. The zero-order valence-electron chi connectivity index (χ0n) is 17.6. The highest BCUT2D eigenvalue weighted by Gasteiger charge is 2.40. The summed E-state index contributed by atoms with van der Waals surface area (Å²) < 4.78 is 0. The minimum absolute atomic E-state index is 0.0811.